The fourth-order valence-corrected chi connectivity index (χ4v) is 3.03. The van der Waals surface area contributed by atoms with E-state index >= 15 is 0 Å². The van der Waals surface area contributed by atoms with Crippen LogP contribution >= 0.6 is 0 Å². The number of rotatable bonds is 3. The van der Waals surface area contributed by atoms with Gasteiger partial charge in [-0.1, -0.05) is 31.2 Å². The summed E-state index contributed by atoms with van der Waals surface area (Å²) in [7, 11) is 0. The van der Waals surface area contributed by atoms with Crippen LogP contribution in [-0.4, -0.2) is 13.1 Å². The third-order valence-corrected chi connectivity index (χ3v) is 3.93. The highest BCUT2D eigenvalue weighted by atomic mass is 14.9. The second kappa shape index (κ2) is 5.49. The maximum absolute atomic E-state index is 3.54. The Balaban J connectivity index is 2.18. The molecule has 0 aliphatic carbocycles. The molecule has 1 aromatic rings. The van der Waals surface area contributed by atoms with E-state index in [4.69, 9.17) is 0 Å². The summed E-state index contributed by atoms with van der Waals surface area (Å²) >= 11 is 0. The van der Waals surface area contributed by atoms with E-state index in [2.05, 4.69) is 43.4 Å². The Kier molecular flexibility index (Phi) is 4.00. The van der Waals surface area contributed by atoms with Gasteiger partial charge in [-0.3, -0.25) is 0 Å². The largest absolute Gasteiger partial charge is 0.316 e. The second-order valence-corrected chi connectivity index (χ2v) is 4.98. The Morgan fingerprint density at radius 2 is 2.19 bits per heavy atom. The summed E-state index contributed by atoms with van der Waals surface area (Å²) in [5.41, 5.74) is 3.03. The molecule has 0 saturated carbocycles. The van der Waals surface area contributed by atoms with E-state index in [0.29, 0.717) is 0 Å². The number of aryl methyl sites for hydroxylation is 1. The molecule has 1 aliphatic heterocycles. The molecule has 1 aliphatic rings. The highest BCUT2D eigenvalue weighted by molar-refractivity contribution is 5.29. The monoisotopic (exact) mass is 217 g/mol. The molecule has 16 heavy (non-hydrogen) atoms. The SMILES string of the molecule is CCC(c1ccccc1C)C1CCCNC1. The highest BCUT2D eigenvalue weighted by Crippen LogP contribution is 2.33. The molecule has 0 amide bonds. The van der Waals surface area contributed by atoms with Gasteiger partial charge in [0, 0.05) is 0 Å². The topological polar surface area (TPSA) is 12.0 Å². The summed E-state index contributed by atoms with van der Waals surface area (Å²) in [6.07, 6.45) is 3.99. The Morgan fingerprint density at radius 1 is 1.38 bits per heavy atom. The van der Waals surface area contributed by atoms with E-state index in [1.807, 2.05) is 0 Å². The van der Waals surface area contributed by atoms with Crippen LogP contribution in [0.25, 0.3) is 0 Å². The molecule has 0 bridgehead atoms. The van der Waals surface area contributed by atoms with E-state index < -0.39 is 0 Å². The first-order valence-electron chi connectivity index (χ1n) is 6.59. The van der Waals surface area contributed by atoms with Crippen molar-refractivity contribution in [2.75, 3.05) is 13.1 Å². The maximum Gasteiger partial charge on any atom is -0.00147 e. The molecule has 0 spiro atoms. The lowest BCUT2D eigenvalue weighted by molar-refractivity contribution is 0.316. The fourth-order valence-electron chi connectivity index (χ4n) is 3.03. The summed E-state index contributed by atoms with van der Waals surface area (Å²) < 4.78 is 0. The van der Waals surface area contributed by atoms with Gasteiger partial charge in [-0.15, -0.1) is 0 Å². The summed E-state index contributed by atoms with van der Waals surface area (Å²) in [5, 5.41) is 3.54. The predicted octanol–water partition coefficient (Wildman–Crippen LogP) is 3.49. The molecule has 2 atom stereocenters. The minimum Gasteiger partial charge on any atom is -0.316 e. The summed E-state index contributed by atoms with van der Waals surface area (Å²) in [5.74, 6) is 1.58. The van der Waals surface area contributed by atoms with Crippen molar-refractivity contribution in [2.45, 2.75) is 39.0 Å². The molecule has 88 valence electrons. The van der Waals surface area contributed by atoms with Crippen LogP contribution in [0.3, 0.4) is 0 Å². The third-order valence-electron chi connectivity index (χ3n) is 3.93. The number of piperidine rings is 1. The van der Waals surface area contributed by atoms with Crippen LogP contribution in [0.1, 0.15) is 43.2 Å². The second-order valence-electron chi connectivity index (χ2n) is 4.98. The molecule has 1 nitrogen and oxygen atoms in total. The first kappa shape index (κ1) is 11.7. The number of benzene rings is 1. The van der Waals surface area contributed by atoms with Crippen LogP contribution in [0.15, 0.2) is 24.3 Å². The van der Waals surface area contributed by atoms with Crippen molar-refractivity contribution in [3.63, 3.8) is 0 Å². The van der Waals surface area contributed by atoms with Gasteiger partial charge in [0.15, 0.2) is 0 Å². The van der Waals surface area contributed by atoms with Gasteiger partial charge < -0.3 is 5.32 Å². The van der Waals surface area contributed by atoms with Crippen molar-refractivity contribution in [1.29, 1.82) is 0 Å². The Hall–Kier alpha value is -0.820. The van der Waals surface area contributed by atoms with Crippen LogP contribution in [0.2, 0.25) is 0 Å². The Morgan fingerprint density at radius 3 is 2.81 bits per heavy atom. The average molecular weight is 217 g/mol. The summed E-state index contributed by atoms with van der Waals surface area (Å²) in [6.45, 7) is 6.98. The van der Waals surface area contributed by atoms with Gasteiger partial charge in [-0.25, -0.2) is 0 Å². The Bertz CT molecular complexity index is 326. The van der Waals surface area contributed by atoms with E-state index in [9.17, 15) is 0 Å². The molecule has 1 fully saturated rings. The van der Waals surface area contributed by atoms with E-state index in [0.717, 1.165) is 11.8 Å². The molecule has 1 heterocycles. The molecule has 2 unspecified atom stereocenters. The maximum atomic E-state index is 3.54. The lowest BCUT2D eigenvalue weighted by Gasteiger charge is -2.31. The van der Waals surface area contributed by atoms with Gasteiger partial charge in [0.25, 0.3) is 0 Å². The minimum atomic E-state index is 0.744. The van der Waals surface area contributed by atoms with Crippen molar-refractivity contribution in [1.82, 2.24) is 5.32 Å². The molecule has 1 saturated heterocycles. The van der Waals surface area contributed by atoms with Gasteiger partial charge >= 0.3 is 0 Å². The smallest absolute Gasteiger partial charge is 0.00147 e. The zero-order chi connectivity index (χ0) is 11.4. The van der Waals surface area contributed by atoms with Gasteiger partial charge in [0.05, 0.1) is 0 Å². The van der Waals surface area contributed by atoms with Crippen molar-refractivity contribution < 1.29 is 0 Å². The van der Waals surface area contributed by atoms with Crippen molar-refractivity contribution in [3.8, 4) is 0 Å². The summed E-state index contributed by atoms with van der Waals surface area (Å²) in [6, 6.07) is 8.89. The molecule has 0 radical (unpaired) electrons. The lowest BCUT2D eigenvalue weighted by Crippen LogP contribution is -2.33. The molecule has 1 aromatic carbocycles. The first-order chi connectivity index (χ1) is 7.83. The van der Waals surface area contributed by atoms with E-state index in [1.165, 1.54) is 37.9 Å². The normalized spacial score (nSPS) is 23.0. The standard InChI is InChI=1S/C15H23N/c1-3-14(13-8-6-10-16-11-13)15-9-5-4-7-12(15)2/h4-5,7,9,13-14,16H,3,6,8,10-11H2,1-2H3. The van der Waals surface area contributed by atoms with Gasteiger partial charge in [-0.2, -0.15) is 0 Å². The van der Waals surface area contributed by atoms with Crippen LogP contribution < -0.4 is 5.32 Å². The van der Waals surface area contributed by atoms with Crippen LogP contribution in [0, 0.1) is 12.8 Å². The molecule has 1 heteroatoms. The van der Waals surface area contributed by atoms with Crippen LogP contribution in [-0.2, 0) is 0 Å². The van der Waals surface area contributed by atoms with Crippen LogP contribution in [0.4, 0.5) is 0 Å². The molecule has 2 rings (SSSR count). The van der Waals surface area contributed by atoms with Crippen molar-refractivity contribution in [2.24, 2.45) is 5.92 Å². The molecule has 1 N–H and O–H groups in total. The number of hydrogen-bond acceptors (Lipinski definition) is 1. The van der Waals surface area contributed by atoms with Gasteiger partial charge in [0.1, 0.15) is 0 Å². The van der Waals surface area contributed by atoms with E-state index in [-0.39, 0.29) is 0 Å². The molecular formula is C15H23N. The van der Waals surface area contributed by atoms with E-state index in [1.54, 1.807) is 5.56 Å². The minimum absolute atomic E-state index is 0.744. The molecule has 0 aromatic heterocycles. The third kappa shape index (κ3) is 2.46. The average Bonchev–Trinajstić information content (AvgIpc) is 2.34. The van der Waals surface area contributed by atoms with Crippen molar-refractivity contribution >= 4 is 0 Å². The zero-order valence-electron chi connectivity index (χ0n) is 10.5. The first-order valence-corrected chi connectivity index (χ1v) is 6.59. The predicted molar refractivity (Wildman–Crippen MR) is 69.8 cm³/mol. The van der Waals surface area contributed by atoms with Crippen molar-refractivity contribution in [3.05, 3.63) is 35.4 Å². The Labute approximate surface area is 99.3 Å². The quantitative estimate of drug-likeness (QED) is 0.817. The lowest BCUT2D eigenvalue weighted by atomic mass is 9.78. The van der Waals surface area contributed by atoms with Gasteiger partial charge in [-0.05, 0) is 62.2 Å². The zero-order valence-corrected chi connectivity index (χ0v) is 10.5. The highest BCUT2D eigenvalue weighted by Gasteiger charge is 2.24. The fraction of sp³-hybridized carbons (Fsp3) is 0.600. The van der Waals surface area contributed by atoms with Crippen LogP contribution in [0.5, 0.6) is 0 Å². The van der Waals surface area contributed by atoms with Gasteiger partial charge in [0.2, 0.25) is 0 Å². The summed E-state index contributed by atoms with van der Waals surface area (Å²) in [4.78, 5) is 0. The number of hydrogen-bond donors (Lipinski definition) is 1. The number of nitrogens with one attached hydrogen (secondary N) is 1. The molecular weight excluding hydrogens is 194 g/mol.